The van der Waals surface area contributed by atoms with Crippen molar-refractivity contribution in [3.8, 4) is 6.07 Å². The molecule has 1 aromatic carbocycles. The van der Waals surface area contributed by atoms with Gasteiger partial charge in [0.2, 0.25) is 5.91 Å². The second-order valence-corrected chi connectivity index (χ2v) is 4.55. The zero-order valence-electron chi connectivity index (χ0n) is 10.3. The normalized spacial score (nSPS) is 15.9. The highest BCUT2D eigenvalue weighted by atomic mass is 16.1. The summed E-state index contributed by atoms with van der Waals surface area (Å²) in [6.45, 7) is 2.39. The lowest BCUT2D eigenvalue weighted by atomic mass is 9.97. The molecule has 2 rings (SSSR count). The molecule has 0 unspecified atom stereocenters. The summed E-state index contributed by atoms with van der Waals surface area (Å²) >= 11 is 0. The molecule has 94 valence electrons. The molecule has 1 aliphatic heterocycles. The van der Waals surface area contributed by atoms with Gasteiger partial charge in [0.25, 0.3) is 0 Å². The second-order valence-electron chi connectivity index (χ2n) is 4.55. The molecule has 0 saturated carbocycles. The molecule has 1 amide bonds. The Bertz CT molecular complexity index is 441. The Morgan fingerprint density at radius 1 is 1.33 bits per heavy atom. The van der Waals surface area contributed by atoms with Gasteiger partial charge in [0.05, 0.1) is 11.6 Å². The Morgan fingerprint density at radius 2 is 2.00 bits per heavy atom. The van der Waals surface area contributed by atoms with Crippen molar-refractivity contribution in [2.75, 3.05) is 13.1 Å². The molecule has 4 nitrogen and oxygen atoms in total. The third-order valence-electron chi connectivity index (χ3n) is 3.26. The number of rotatable bonds is 3. The van der Waals surface area contributed by atoms with E-state index in [0.29, 0.717) is 12.1 Å². The zero-order chi connectivity index (χ0) is 12.8. The number of amides is 1. The summed E-state index contributed by atoms with van der Waals surface area (Å²) in [5.74, 6) is 0.283. The van der Waals surface area contributed by atoms with Crippen molar-refractivity contribution < 1.29 is 4.79 Å². The van der Waals surface area contributed by atoms with Gasteiger partial charge in [-0.1, -0.05) is 12.1 Å². The number of carbonyl (C=O) groups is 1. The van der Waals surface area contributed by atoms with Crippen LogP contribution in [0.25, 0.3) is 0 Å². The number of nitriles is 1. The number of hydrogen-bond acceptors (Lipinski definition) is 3. The van der Waals surface area contributed by atoms with Crippen LogP contribution >= 0.6 is 0 Å². The standard InChI is InChI=1S/C14H17N3O/c15-9-11-1-3-12(4-2-11)10-17-14(18)13-5-7-16-8-6-13/h1-4,13,16H,5-8,10H2,(H,17,18). The molecule has 1 saturated heterocycles. The van der Waals surface area contributed by atoms with Gasteiger partial charge in [-0.05, 0) is 43.6 Å². The van der Waals surface area contributed by atoms with Gasteiger partial charge in [-0.2, -0.15) is 5.26 Å². The van der Waals surface area contributed by atoms with Crippen molar-refractivity contribution >= 4 is 5.91 Å². The average molecular weight is 243 g/mol. The molecule has 1 fully saturated rings. The first-order valence-corrected chi connectivity index (χ1v) is 6.27. The Labute approximate surface area is 107 Å². The van der Waals surface area contributed by atoms with Gasteiger partial charge in [0.15, 0.2) is 0 Å². The van der Waals surface area contributed by atoms with E-state index < -0.39 is 0 Å². The number of piperidine rings is 1. The number of benzene rings is 1. The number of nitrogens with zero attached hydrogens (tertiary/aromatic N) is 1. The molecule has 1 aliphatic rings. The van der Waals surface area contributed by atoms with E-state index in [1.165, 1.54) is 0 Å². The van der Waals surface area contributed by atoms with Crippen molar-refractivity contribution in [3.63, 3.8) is 0 Å². The lowest BCUT2D eigenvalue weighted by molar-refractivity contribution is -0.125. The minimum Gasteiger partial charge on any atom is -0.352 e. The first-order valence-electron chi connectivity index (χ1n) is 6.27. The molecule has 0 spiro atoms. The number of hydrogen-bond donors (Lipinski definition) is 2. The van der Waals surface area contributed by atoms with Gasteiger partial charge in [-0.25, -0.2) is 0 Å². The largest absolute Gasteiger partial charge is 0.352 e. The molecule has 18 heavy (non-hydrogen) atoms. The Hall–Kier alpha value is -1.86. The van der Waals surface area contributed by atoms with Crippen molar-refractivity contribution in [3.05, 3.63) is 35.4 Å². The van der Waals surface area contributed by atoms with Crippen LogP contribution in [0.2, 0.25) is 0 Å². The summed E-state index contributed by atoms with van der Waals surface area (Å²) < 4.78 is 0. The summed E-state index contributed by atoms with van der Waals surface area (Å²) in [7, 11) is 0. The fraction of sp³-hybridized carbons (Fsp3) is 0.429. The first-order chi connectivity index (χ1) is 8.79. The van der Waals surface area contributed by atoms with Crippen LogP contribution in [-0.4, -0.2) is 19.0 Å². The highest BCUT2D eigenvalue weighted by Gasteiger charge is 2.20. The predicted molar refractivity (Wildman–Crippen MR) is 68.6 cm³/mol. The fourth-order valence-electron chi connectivity index (χ4n) is 2.11. The third kappa shape index (κ3) is 3.31. The van der Waals surface area contributed by atoms with Crippen LogP contribution in [0.4, 0.5) is 0 Å². The lowest BCUT2D eigenvalue weighted by Gasteiger charge is -2.21. The van der Waals surface area contributed by atoms with Gasteiger partial charge in [0, 0.05) is 12.5 Å². The molecule has 2 N–H and O–H groups in total. The maximum Gasteiger partial charge on any atom is 0.223 e. The van der Waals surface area contributed by atoms with Crippen LogP contribution in [0.1, 0.15) is 24.0 Å². The second kappa shape index (κ2) is 6.18. The van der Waals surface area contributed by atoms with E-state index in [1.807, 2.05) is 12.1 Å². The zero-order valence-corrected chi connectivity index (χ0v) is 10.3. The van der Waals surface area contributed by atoms with Gasteiger partial charge < -0.3 is 10.6 Å². The number of nitrogens with one attached hydrogen (secondary N) is 2. The summed E-state index contributed by atoms with van der Waals surface area (Å²) in [5, 5.41) is 14.9. The Balaban J connectivity index is 1.83. The van der Waals surface area contributed by atoms with Crippen LogP contribution in [0.5, 0.6) is 0 Å². The van der Waals surface area contributed by atoms with E-state index >= 15 is 0 Å². The van der Waals surface area contributed by atoms with Crippen molar-refractivity contribution in [1.82, 2.24) is 10.6 Å². The van der Waals surface area contributed by atoms with Crippen LogP contribution in [0.3, 0.4) is 0 Å². The first kappa shape index (κ1) is 12.6. The highest BCUT2D eigenvalue weighted by Crippen LogP contribution is 2.12. The molecular formula is C14H17N3O. The van der Waals surface area contributed by atoms with Gasteiger partial charge in [-0.15, -0.1) is 0 Å². The monoisotopic (exact) mass is 243 g/mol. The van der Waals surface area contributed by atoms with E-state index in [-0.39, 0.29) is 11.8 Å². The lowest BCUT2D eigenvalue weighted by Crippen LogP contribution is -2.37. The summed E-state index contributed by atoms with van der Waals surface area (Å²) in [5.41, 5.74) is 1.67. The Morgan fingerprint density at radius 3 is 2.61 bits per heavy atom. The molecule has 0 bridgehead atoms. The highest BCUT2D eigenvalue weighted by molar-refractivity contribution is 5.78. The number of carbonyl (C=O) groups excluding carboxylic acids is 1. The van der Waals surface area contributed by atoms with Crippen LogP contribution in [0, 0.1) is 17.2 Å². The van der Waals surface area contributed by atoms with E-state index in [1.54, 1.807) is 12.1 Å². The average Bonchev–Trinajstić information content (AvgIpc) is 2.46. The van der Waals surface area contributed by atoms with Crippen molar-refractivity contribution in [1.29, 1.82) is 5.26 Å². The minimum absolute atomic E-state index is 0.140. The molecule has 0 atom stereocenters. The van der Waals surface area contributed by atoms with E-state index in [0.717, 1.165) is 31.5 Å². The smallest absolute Gasteiger partial charge is 0.223 e. The molecule has 0 aliphatic carbocycles. The van der Waals surface area contributed by atoms with E-state index in [9.17, 15) is 4.79 Å². The van der Waals surface area contributed by atoms with Crippen LogP contribution in [0.15, 0.2) is 24.3 Å². The van der Waals surface area contributed by atoms with E-state index in [4.69, 9.17) is 5.26 Å². The predicted octanol–water partition coefficient (Wildman–Crippen LogP) is 1.17. The molecule has 0 aromatic heterocycles. The van der Waals surface area contributed by atoms with Crippen molar-refractivity contribution in [2.24, 2.45) is 5.92 Å². The maximum absolute atomic E-state index is 11.9. The quantitative estimate of drug-likeness (QED) is 0.837. The van der Waals surface area contributed by atoms with Gasteiger partial charge in [0.1, 0.15) is 0 Å². The minimum atomic E-state index is 0.140. The summed E-state index contributed by atoms with van der Waals surface area (Å²) in [6, 6.07) is 9.37. The topological polar surface area (TPSA) is 64.9 Å². The van der Waals surface area contributed by atoms with Crippen LogP contribution in [-0.2, 0) is 11.3 Å². The van der Waals surface area contributed by atoms with Gasteiger partial charge in [-0.3, -0.25) is 4.79 Å². The Kier molecular flexibility index (Phi) is 4.32. The summed E-state index contributed by atoms with van der Waals surface area (Å²) in [6.07, 6.45) is 1.83. The van der Waals surface area contributed by atoms with Crippen LogP contribution < -0.4 is 10.6 Å². The molecule has 4 heteroatoms. The third-order valence-corrected chi connectivity index (χ3v) is 3.26. The van der Waals surface area contributed by atoms with Crippen molar-refractivity contribution in [2.45, 2.75) is 19.4 Å². The maximum atomic E-state index is 11.9. The molecule has 1 aromatic rings. The fourth-order valence-corrected chi connectivity index (χ4v) is 2.11. The molecule has 0 radical (unpaired) electrons. The SMILES string of the molecule is N#Cc1ccc(CNC(=O)C2CCNCC2)cc1. The van der Waals surface area contributed by atoms with E-state index in [2.05, 4.69) is 16.7 Å². The van der Waals surface area contributed by atoms with Gasteiger partial charge >= 0.3 is 0 Å². The molecular weight excluding hydrogens is 226 g/mol. The molecule has 1 heterocycles. The summed E-state index contributed by atoms with van der Waals surface area (Å²) in [4.78, 5) is 11.9.